The summed E-state index contributed by atoms with van der Waals surface area (Å²) in [7, 11) is 3.16. The summed E-state index contributed by atoms with van der Waals surface area (Å²) >= 11 is 0. The van der Waals surface area contributed by atoms with Gasteiger partial charge in [-0.1, -0.05) is 18.9 Å². The predicted molar refractivity (Wildman–Crippen MR) is 108 cm³/mol. The van der Waals surface area contributed by atoms with Crippen molar-refractivity contribution in [3.05, 3.63) is 35.9 Å². The van der Waals surface area contributed by atoms with Gasteiger partial charge in [-0.25, -0.2) is 0 Å². The Morgan fingerprint density at radius 3 is 2.29 bits per heavy atom. The van der Waals surface area contributed by atoms with E-state index in [1.165, 1.54) is 0 Å². The van der Waals surface area contributed by atoms with Crippen molar-refractivity contribution < 1.29 is 19.1 Å². The molecule has 152 valence electrons. The summed E-state index contributed by atoms with van der Waals surface area (Å²) in [6.07, 6.45) is 6.69. The lowest BCUT2D eigenvalue weighted by Gasteiger charge is -2.36. The third kappa shape index (κ3) is 4.16. The van der Waals surface area contributed by atoms with Gasteiger partial charge in [-0.05, 0) is 31.4 Å². The summed E-state index contributed by atoms with van der Waals surface area (Å²) in [5, 5.41) is 0. The Labute approximate surface area is 167 Å². The summed E-state index contributed by atoms with van der Waals surface area (Å²) in [6.45, 7) is 6.11. The number of benzene rings is 1. The van der Waals surface area contributed by atoms with Gasteiger partial charge in [-0.2, -0.15) is 0 Å². The van der Waals surface area contributed by atoms with Crippen molar-refractivity contribution in [2.24, 2.45) is 5.92 Å². The predicted octanol–water partition coefficient (Wildman–Crippen LogP) is 2.91. The van der Waals surface area contributed by atoms with E-state index < -0.39 is 0 Å². The molecule has 0 spiro atoms. The molecule has 28 heavy (non-hydrogen) atoms. The molecule has 2 aliphatic rings. The average Bonchev–Trinajstić information content (AvgIpc) is 3.27. The van der Waals surface area contributed by atoms with Crippen LogP contribution in [0.1, 0.15) is 41.6 Å². The molecule has 0 N–H and O–H groups in total. The normalized spacial score (nSPS) is 17.5. The monoisotopic (exact) mass is 386 g/mol. The van der Waals surface area contributed by atoms with Gasteiger partial charge in [0, 0.05) is 43.2 Å². The fourth-order valence-electron chi connectivity index (χ4n) is 4.22. The molecular formula is C22H30N2O4. The molecule has 1 aliphatic carbocycles. The molecule has 6 heteroatoms. The SMILES string of the molecule is C=CCc1cc(C(=O)N2CCN(C(=O)C3CCCC3)CC2)cc(OC)c1OC. The van der Waals surface area contributed by atoms with E-state index >= 15 is 0 Å². The molecule has 1 aromatic rings. The highest BCUT2D eigenvalue weighted by Gasteiger charge is 2.31. The van der Waals surface area contributed by atoms with Crippen LogP contribution >= 0.6 is 0 Å². The number of carbonyl (C=O) groups excluding carboxylic acids is 2. The second-order valence-electron chi connectivity index (χ2n) is 7.46. The van der Waals surface area contributed by atoms with Crippen molar-refractivity contribution in [1.29, 1.82) is 0 Å². The number of allylic oxidation sites excluding steroid dienone is 1. The highest BCUT2D eigenvalue weighted by molar-refractivity contribution is 5.95. The highest BCUT2D eigenvalue weighted by Crippen LogP contribution is 2.34. The standard InChI is InChI=1S/C22H30N2O4/c1-4-7-17-14-18(15-19(27-2)20(17)28-3)22(26)24-12-10-23(11-13-24)21(25)16-8-5-6-9-16/h4,14-16H,1,5-13H2,2-3H3. The van der Waals surface area contributed by atoms with Crippen LogP contribution in [0.15, 0.2) is 24.8 Å². The number of piperazine rings is 1. The van der Waals surface area contributed by atoms with E-state index in [1.807, 2.05) is 15.9 Å². The first kappa shape index (κ1) is 20.2. The summed E-state index contributed by atoms with van der Waals surface area (Å²) in [5.41, 5.74) is 1.44. The fourth-order valence-corrected chi connectivity index (χ4v) is 4.22. The van der Waals surface area contributed by atoms with Crippen LogP contribution < -0.4 is 9.47 Å². The van der Waals surface area contributed by atoms with Crippen molar-refractivity contribution in [2.75, 3.05) is 40.4 Å². The maximum atomic E-state index is 13.1. The van der Waals surface area contributed by atoms with E-state index in [4.69, 9.17) is 9.47 Å². The van der Waals surface area contributed by atoms with Gasteiger partial charge in [0.1, 0.15) is 0 Å². The van der Waals surface area contributed by atoms with Gasteiger partial charge in [0.25, 0.3) is 5.91 Å². The molecule has 6 nitrogen and oxygen atoms in total. The number of rotatable bonds is 6. The molecule has 0 radical (unpaired) electrons. The van der Waals surface area contributed by atoms with Crippen LogP contribution in [-0.4, -0.2) is 62.0 Å². The van der Waals surface area contributed by atoms with Gasteiger partial charge in [0.05, 0.1) is 14.2 Å². The Morgan fingerprint density at radius 1 is 1.07 bits per heavy atom. The smallest absolute Gasteiger partial charge is 0.254 e. The molecule has 1 heterocycles. The average molecular weight is 386 g/mol. The van der Waals surface area contributed by atoms with Crippen molar-refractivity contribution in [2.45, 2.75) is 32.1 Å². The zero-order valence-corrected chi connectivity index (χ0v) is 16.9. The number of carbonyl (C=O) groups is 2. The van der Waals surface area contributed by atoms with E-state index in [9.17, 15) is 9.59 Å². The molecule has 2 fully saturated rings. The minimum absolute atomic E-state index is 0.0424. The lowest BCUT2D eigenvalue weighted by molar-refractivity contribution is -0.136. The second kappa shape index (κ2) is 9.13. The maximum Gasteiger partial charge on any atom is 0.254 e. The third-order valence-electron chi connectivity index (χ3n) is 5.75. The van der Waals surface area contributed by atoms with E-state index in [0.717, 1.165) is 31.2 Å². The maximum absolute atomic E-state index is 13.1. The van der Waals surface area contributed by atoms with Gasteiger partial charge in [0.15, 0.2) is 11.5 Å². The summed E-state index contributed by atoms with van der Waals surface area (Å²) in [5.74, 6) is 1.59. The largest absolute Gasteiger partial charge is 0.493 e. The molecule has 0 unspecified atom stereocenters. The Balaban J connectivity index is 1.70. The van der Waals surface area contributed by atoms with E-state index in [1.54, 1.807) is 26.4 Å². The molecule has 2 amide bonds. The minimum Gasteiger partial charge on any atom is -0.493 e. The summed E-state index contributed by atoms with van der Waals surface area (Å²) in [6, 6.07) is 3.57. The molecule has 0 atom stereocenters. The van der Waals surface area contributed by atoms with Crippen molar-refractivity contribution in [1.82, 2.24) is 9.80 Å². The number of amides is 2. The molecule has 0 bridgehead atoms. The molecular weight excluding hydrogens is 356 g/mol. The molecule has 0 aromatic heterocycles. The van der Waals surface area contributed by atoms with Crippen LogP contribution in [0.2, 0.25) is 0 Å². The summed E-state index contributed by atoms with van der Waals surface area (Å²) < 4.78 is 10.9. The Bertz CT molecular complexity index is 732. The first-order valence-corrected chi connectivity index (χ1v) is 10.0. The van der Waals surface area contributed by atoms with Crippen LogP contribution in [-0.2, 0) is 11.2 Å². The number of ether oxygens (including phenoxy) is 2. The Morgan fingerprint density at radius 2 is 1.71 bits per heavy atom. The van der Waals surface area contributed by atoms with Gasteiger partial charge in [-0.3, -0.25) is 9.59 Å². The van der Waals surface area contributed by atoms with E-state index in [2.05, 4.69) is 6.58 Å². The van der Waals surface area contributed by atoms with Crippen molar-refractivity contribution in [3.63, 3.8) is 0 Å². The lowest BCUT2D eigenvalue weighted by atomic mass is 10.0. The number of hydrogen-bond donors (Lipinski definition) is 0. The Kier molecular flexibility index (Phi) is 6.60. The van der Waals surface area contributed by atoms with E-state index in [-0.39, 0.29) is 17.7 Å². The van der Waals surface area contributed by atoms with Crippen LogP contribution in [0.5, 0.6) is 11.5 Å². The van der Waals surface area contributed by atoms with Gasteiger partial charge in [-0.15, -0.1) is 6.58 Å². The van der Waals surface area contributed by atoms with Crippen LogP contribution in [0, 0.1) is 5.92 Å². The number of hydrogen-bond acceptors (Lipinski definition) is 4. The molecule has 1 saturated carbocycles. The molecule has 1 saturated heterocycles. The number of nitrogens with zero attached hydrogens (tertiary/aromatic N) is 2. The van der Waals surface area contributed by atoms with Crippen LogP contribution in [0.25, 0.3) is 0 Å². The zero-order valence-electron chi connectivity index (χ0n) is 16.9. The van der Waals surface area contributed by atoms with E-state index in [0.29, 0.717) is 49.7 Å². The minimum atomic E-state index is -0.0424. The lowest BCUT2D eigenvalue weighted by Crippen LogP contribution is -2.51. The van der Waals surface area contributed by atoms with Gasteiger partial charge < -0.3 is 19.3 Å². The highest BCUT2D eigenvalue weighted by atomic mass is 16.5. The second-order valence-corrected chi connectivity index (χ2v) is 7.46. The topological polar surface area (TPSA) is 59.1 Å². The van der Waals surface area contributed by atoms with Gasteiger partial charge >= 0.3 is 0 Å². The molecule has 3 rings (SSSR count). The van der Waals surface area contributed by atoms with Crippen LogP contribution in [0.4, 0.5) is 0 Å². The zero-order chi connectivity index (χ0) is 20.1. The van der Waals surface area contributed by atoms with Gasteiger partial charge in [0.2, 0.25) is 5.91 Å². The number of methoxy groups -OCH3 is 2. The van der Waals surface area contributed by atoms with Crippen molar-refractivity contribution in [3.8, 4) is 11.5 Å². The molecule has 1 aromatic carbocycles. The summed E-state index contributed by atoms with van der Waals surface area (Å²) in [4.78, 5) is 29.4. The van der Waals surface area contributed by atoms with Crippen molar-refractivity contribution >= 4 is 11.8 Å². The Hall–Kier alpha value is -2.50. The first-order chi connectivity index (χ1) is 13.6. The molecule has 1 aliphatic heterocycles. The van der Waals surface area contributed by atoms with Crippen LogP contribution in [0.3, 0.4) is 0 Å². The third-order valence-corrected chi connectivity index (χ3v) is 5.75. The first-order valence-electron chi connectivity index (χ1n) is 10.0. The quantitative estimate of drug-likeness (QED) is 0.706. The fraction of sp³-hybridized carbons (Fsp3) is 0.545.